The SMILES string of the molecule is Cn1nccc1C1CC2CCC(C1)N2C(=O)c1cncc(Cl)c1. The zero-order chi connectivity index (χ0) is 16.0. The van der Waals surface area contributed by atoms with E-state index in [1.807, 2.05) is 17.9 Å². The number of piperidine rings is 1. The number of rotatable bonds is 2. The largest absolute Gasteiger partial charge is 0.333 e. The van der Waals surface area contributed by atoms with Crippen molar-refractivity contribution in [2.45, 2.75) is 43.7 Å². The minimum Gasteiger partial charge on any atom is -0.333 e. The van der Waals surface area contributed by atoms with Crippen LogP contribution in [0.5, 0.6) is 0 Å². The molecule has 23 heavy (non-hydrogen) atoms. The van der Waals surface area contributed by atoms with Crippen LogP contribution in [0.1, 0.15) is 47.7 Å². The molecule has 2 unspecified atom stereocenters. The van der Waals surface area contributed by atoms with Crippen molar-refractivity contribution in [3.63, 3.8) is 0 Å². The first-order chi connectivity index (χ1) is 11.1. The molecule has 2 aliphatic rings. The topological polar surface area (TPSA) is 51.0 Å². The van der Waals surface area contributed by atoms with Crippen LogP contribution in [0.3, 0.4) is 0 Å². The molecule has 0 N–H and O–H groups in total. The third-order valence-corrected chi connectivity index (χ3v) is 5.40. The van der Waals surface area contributed by atoms with Gasteiger partial charge in [-0.05, 0) is 37.8 Å². The van der Waals surface area contributed by atoms with Gasteiger partial charge in [0.25, 0.3) is 5.91 Å². The molecular weight excluding hydrogens is 312 g/mol. The lowest BCUT2D eigenvalue weighted by Gasteiger charge is -2.39. The van der Waals surface area contributed by atoms with Crippen molar-refractivity contribution in [2.75, 3.05) is 0 Å². The van der Waals surface area contributed by atoms with Gasteiger partial charge >= 0.3 is 0 Å². The first kappa shape index (κ1) is 14.7. The molecule has 0 saturated carbocycles. The Bertz CT molecular complexity index is 730. The average molecular weight is 331 g/mol. The molecule has 2 aromatic heterocycles. The van der Waals surface area contributed by atoms with E-state index >= 15 is 0 Å². The van der Waals surface area contributed by atoms with E-state index in [9.17, 15) is 4.79 Å². The lowest BCUT2D eigenvalue weighted by molar-refractivity contribution is 0.0567. The molecule has 2 aromatic rings. The number of fused-ring (bicyclic) bond motifs is 2. The highest BCUT2D eigenvalue weighted by Gasteiger charge is 2.44. The highest BCUT2D eigenvalue weighted by atomic mass is 35.5. The molecule has 4 heterocycles. The van der Waals surface area contributed by atoms with Gasteiger partial charge in [-0.3, -0.25) is 14.5 Å². The van der Waals surface area contributed by atoms with Crippen LogP contribution in [0.2, 0.25) is 5.02 Å². The molecule has 2 aliphatic heterocycles. The van der Waals surface area contributed by atoms with E-state index in [2.05, 4.69) is 21.0 Å². The molecule has 0 aliphatic carbocycles. The number of aryl methyl sites for hydroxylation is 1. The quantitative estimate of drug-likeness (QED) is 0.850. The lowest BCUT2D eigenvalue weighted by Crippen LogP contribution is -2.46. The Morgan fingerprint density at radius 1 is 1.26 bits per heavy atom. The van der Waals surface area contributed by atoms with Crippen LogP contribution in [0.15, 0.2) is 30.7 Å². The molecule has 6 heteroatoms. The van der Waals surface area contributed by atoms with E-state index in [0.717, 1.165) is 25.7 Å². The van der Waals surface area contributed by atoms with Crippen molar-refractivity contribution in [2.24, 2.45) is 7.05 Å². The van der Waals surface area contributed by atoms with Gasteiger partial charge in [0.2, 0.25) is 0 Å². The zero-order valence-electron chi connectivity index (χ0n) is 13.0. The lowest BCUT2D eigenvalue weighted by atomic mass is 9.87. The second kappa shape index (κ2) is 5.64. The number of carbonyl (C=O) groups is 1. The standard InChI is InChI=1S/C17H19ClN4O/c1-21-16(4-5-20-21)11-7-14-2-3-15(8-11)22(14)17(23)12-6-13(18)10-19-9-12/h4-6,9-11,14-15H,2-3,7-8H2,1H3. The van der Waals surface area contributed by atoms with Crippen LogP contribution in [0.4, 0.5) is 0 Å². The second-order valence-corrected chi connectivity index (χ2v) is 6.97. The number of pyridine rings is 1. The molecule has 5 nitrogen and oxygen atoms in total. The predicted molar refractivity (Wildman–Crippen MR) is 87.4 cm³/mol. The van der Waals surface area contributed by atoms with Crippen LogP contribution in [0, 0.1) is 0 Å². The number of halogens is 1. The maximum atomic E-state index is 12.9. The van der Waals surface area contributed by atoms with Gasteiger partial charge in [0.15, 0.2) is 0 Å². The molecular formula is C17H19ClN4O. The van der Waals surface area contributed by atoms with Crippen LogP contribution < -0.4 is 0 Å². The van der Waals surface area contributed by atoms with Gasteiger partial charge in [-0.1, -0.05) is 11.6 Å². The van der Waals surface area contributed by atoms with Gasteiger partial charge < -0.3 is 4.90 Å². The van der Waals surface area contributed by atoms with Gasteiger partial charge in [-0.15, -0.1) is 0 Å². The summed E-state index contributed by atoms with van der Waals surface area (Å²) in [6.45, 7) is 0. The van der Waals surface area contributed by atoms with Gasteiger partial charge in [0.05, 0.1) is 10.6 Å². The van der Waals surface area contributed by atoms with Crippen molar-refractivity contribution < 1.29 is 4.79 Å². The zero-order valence-corrected chi connectivity index (χ0v) is 13.8. The Morgan fingerprint density at radius 2 is 2.00 bits per heavy atom. The molecule has 2 atom stereocenters. The van der Waals surface area contributed by atoms with Gasteiger partial charge in [0.1, 0.15) is 0 Å². The minimum atomic E-state index is 0.0657. The minimum absolute atomic E-state index is 0.0657. The summed E-state index contributed by atoms with van der Waals surface area (Å²) >= 11 is 5.98. The first-order valence-corrected chi connectivity index (χ1v) is 8.42. The summed E-state index contributed by atoms with van der Waals surface area (Å²) in [4.78, 5) is 19.0. The van der Waals surface area contributed by atoms with Crippen molar-refractivity contribution in [1.29, 1.82) is 0 Å². The monoisotopic (exact) mass is 330 g/mol. The van der Waals surface area contributed by atoms with E-state index in [0.29, 0.717) is 28.6 Å². The molecule has 0 aromatic carbocycles. The van der Waals surface area contributed by atoms with Crippen molar-refractivity contribution >= 4 is 17.5 Å². The summed E-state index contributed by atoms with van der Waals surface area (Å²) in [6.07, 6.45) is 9.21. The molecule has 0 radical (unpaired) electrons. The smallest absolute Gasteiger partial charge is 0.255 e. The fraction of sp³-hybridized carbons (Fsp3) is 0.471. The van der Waals surface area contributed by atoms with E-state index in [4.69, 9.17) is 11.6 Å². The van der Waals surface area contributed by atoms with Gasteiger partial charge in [0, 0.05) is 49.3 Å². The Hall–Kier alpha value is -1.88. The average Bonchev–Trinajstić information content (AvgIpc) is 3.07. The summed E-state index contributed by atoms with van der Waals surface area (Å²) < 4.78 is 1.96. The van der Waals surface area contributed by atoms with E-state index in [1.165, 1.54) is 5.69 Å². The van der Waals surface area contributed by atoms with Crippen molar-refractivity contribution in [1.82, 2.24) is 19.7 Å². The maximum absolute atomic E-state index is 12.9. The van der Waals surface area contributed by atoms with Crippen LogP contribution in [0.25, 0.3) is 0 Å². The fourth-order valence-electron chi connectivity index (χ4n) is 4.21. The normalized spacial score (nSPS) is 26.5. The number of carbonyl (C=O) groups excluding carboxylic acids is 1. The molecule has 120 valence electrons. The summed E-state index contributed by atoms with van der Waals surface area (Å²) in [5.74, 6) is 0.553. The van der Waals surface area contributed by atoms with E-state index in [-0.39, 0.29) is 5.91 Å². The van der Waals surface area contributed by atoms with Crippen molar-refractivity contribution in [3.8, 4) is 0 Å². The van der Waals surface area contributed by atoms with Crippen molar-refractivity contribution in [3.05, 3.63) is 47.0 Å². The Labute approximate surface area is 140 Å². The molecule has 2 bridgehead atoms. The Kier molecular flexibility index (Phi) is 3.60. The predicted octanol–water partition coefficient (Wildman–Crippen LogP) is 3.02. The fourth-order valence-corrected chi connectivity index (χ4v) is 4.39. The molecule has 2 fully saturated rings. The number of nitrogens with zero attached hydrogens (tertiary/aromatic N) is 4. The summed E-state index contributed by atoms with van der Waals surface area (Å²) in [7, 11) is 1.99. The van der Waals surface area contributed by atoms with Gasteiger partial charge in [-0.25, -0.2) is 0 Å². The second-order valence-electron chi connectivity index (χ2n) is 6.54. The molecule has 0 spiro atoms. The van der Waals surface area contributed by atoms with Crippen LogP contribution >= 0.6 is 11.6 Å². The first-order valence-electron chi connectivity index (χ1n) is 8.04. The molecule has 2 saturated heterocycles. The highest BCUT2D eigenvalue weighted by molar-refractivity contribution is 6.30. The van der Waals surface area contributed by atoms with Crippen LogP contribution in [-0.4, -0.2) is 37.7 Å². The Balaban J connectivity index is 1.57. The third-order valence-electron chi connectivity index (χ3n) is 5.20. The third kappa shape index (κ3) is 2.53. The summed E-state index contributed by atoms with van der Waals surface area (Å²) in [5, 5.41) is 4.79. The van der Waals surface area contributed by atoms with E-state index in [1.54, 1.807) is 18.5 Å². The molecule has 4 rings (SSSR count). The summed E-state index contributed by atoms with van der Waals surface area (Å²) in [6, 6.07) is 4.42. The van der Waals surface area contributed by atoms with Gasteiger partial charge in [-0.2, -0.15) is 5.10 Å². The highest BCUT2D eigenvalue weighted by Crippen LogP contribution is 2.43. The number of hydrogen-bond donors (Lipinski definition) is 0. The van der Waals surface area contributed by atoms with Crippen LogP contribution in [-0.2, 0) is 7.05 Å². The maximum Gasteiger partial charge on any atom is 0.255 e. The number of hydrogen-bond acceptors (Lipinski definition) is 3. The molecule has 1 amide bonds. The summed E-state index contributed by atoms with van der Waals surface area (Å²) in [5.41, 5.74) is 1.87. The number of aromatic nitrogens is 3. The van der Waals surface area contributed by atoms with E-state index < -0.39 is 0 Å². The Morgan fingerprint density at radius 3 is 2.61 bits per heavy atom. The number of amides is 1.